The van der Waals surface area contributed by atoms with Crippen LogP contribution in [-0.4, -0.2) is 5.84 Å². The van der Waals surface area contributed by atoms with E-state index in [9.17, 15) is 8.78 Å². The van der Waals surface area contributed by atoms with Crippen molar-refractivity contribution in [1.29, 1.82) is 5.41 Å². The van der Waals surface area contributed by atoms with Crippen molar-refractivity contribution in [3.8, 4) is 5.75 Å². The third-order valence-corrected chi connectivity index (χ3v) is 3.29. The van der Waals surface area contributed by atoms with Gasteiger partial charge in [-0.3, -0.25) is 5.41 Å². The summed E-state index contributed by atoms with van der Waals surface area (Å²) in [6, 6.07) is 8.28. The molecule has 20 heavy (non-hydrogen) atoms. The molecule has 0 saturated heterocycles. The van der Waals surface area contributed by atoms with Crippen LogP contribution in [0.5, 0.6) is 5.75 Å². The van der Waals surface area contributed by atoms with Crippen LogP contribution in [0.2, 0.25) is 0 Å². The fraction of sp³-hybridized carbons (Fsp3) is 0.0714. The molecule has 0 atom stereocenters. The van der Waals surface area contributed by atoms with Crippen molar-refractivity contribution in [2.75, 3.05) is 0 Å². The lowest BCUT2D eigenvalue weighted by Gasteiger charge is -2.10. The molecule has 2 rings (SSSR count). The second-order valence-corrected chi connectivity index (χ2v) is 4.93. The van der Waals surface area contributed by atoms with Crippen molar-refractivity contribution in [3.63, 3.8) is 0 Å². The lowest BCUT2D eigenvalue weighted by Crippen LogP contribution is -2.15. The van der Waals surface area contributed by atoms with Gasteiger partial charge in [0.2, 0.25) is 0 Å². The summed E-state index contributed by atoms with van der Waals surface area (Å²) in [5, 5.41) is 7.41. The van der Waals surface area contributed by atoms with E-state index in [2.05, 4.69) is 15.9 Å². The van der Waals surface area contributed by atoms with Gasteiger partial charge in [0.25, 0.3) is 0 Å². The monoisotopic (exact) mass is 340 g/mol. The Hall–Kier alpha value is -1.95. The van der Waals surface area contributed by atoms with E-state index in [1.165, 1.54) is 30.3 Å². The van der Waals surface area contributed by atoms with Gasteiger partial charge in [-0.2, -0.15) is 0 Å². The lowest BCUT2D eigenvalue weighted by molar-refractivity contribution is 0.304. The highest BCUT2D eigenvalue weighted by atomic mass is 79.9. The molecule has 3 nitrogen and oxygen atoms in total. The molecule has 0 radical (unpaired) electrons. The van der Waals surface area contributed by atoms with Gasteiger partial charge in [-0.25, -0.2) is 8.78 Å². The summed E-state index contributed by atoms with van der Waals surface area (Å²) < 4.78 is 32.2. The Bertz CT molecular complexity index is 662. The molecule has 3 N–H and O–H groups in total. The number of amidine groups is 1. The van der Waals surface area contributed by atoms with E-state index in [0.29, 0.717) is 15.8 Å². The summed E-state index contributed by atoms with van der Waals surface area (Å²) in [5.74, 6) is -0.823. The fourth-order valence-corrected chi connectivity index (χ4v) is 1.90. The van der Waals surface area contributed by atoms with E-state index >= 15 is 0 Å². The zero-order valence-corrected chi connectivity index (χ0v) is 11.9. The SMILES string of the molecule is N=C(N)c1cc(F)ccc1COc1ccc(Br)c(F)c1. The minimum Gasteiger partial charge on any atom is -0.489 e. The number of rotatable bonds is 4. The maximum absolute atomic E-state index is 13.3. The number of ether oxygens (including phenoxy) is 1. The largest absolute Gasteiger partial charge is 0.489 e. The molecule has 0 aromatic heterocycles. The Kier molecular flexibility index (Phi) is 4.34. The van der Waals surface area contributed by atoms with Gasteiger partial charge in [-0.05, 0) is 40.2 Å². The van der Waals surface area contributed by atoms with E-state index in [-0.39, 0.29) is 18.0 Å². The zero-order chi connectivity index (χ0) is 14.7. The normalized spacial score (nSPS) is 10.3. The van der Waals surface area contributed by atoms with Crippen molar-refractivity contribution < 1.29 is 13.5 Å². The minimum atomic E-state index is -0.478. The van der Waals surface area contributed by atoms with Gasteiger partial charge in [0.05, 0.1) is 4.47 Å². The van der Waals surface area contributed by atoms with Crippen LogP contribution < -0.4 is 10.5 Å². The first kappa shape index (κ1) is 14.5. The zero-order valence-electron chi connectivity index (χ0n) is 10.3. The van der Waals surface area contributed by atoms with Gasteiger partial charge in [0, 0.05) is 17.2 Å². The number of nitrogen functional groups attached to an aromatic ring is 1. The van der Waals surface area contributed by atoms with Crippen LogP contribution >= 0.6 is 15.9 Å². The maximum atomic E-state index is 13.3. The standard InChI is InChI=1S/C14H11BrF2N2O/c15-12-4-3-10(6-13(12)17)20-7-8-1-2-9(16)5-11(8)14(18)19/h1-6H,7H2,(H3,18,19). The van der Waals surface area contributed by atoms with Gasteiger partial charge >= 0.3 is 0 Å². The summed E-state index contributed by atoms with van der Waals surface area (Å²) in [4.78, 5) is 0. The van der Waals surface area contributed by atoms with Gasteiger partial charge in [0.1, 0.15) is 29.8 Å². The average molecular weight is 341 g/mol. The predicted octanol–water partition coefficient (Wildman–Crippen LogP) is 3.59. The molecule has 0 aliphatic carbocycles. The Labute approximate surface area is 123 Å². The predicted molar refractivity (Wildman–Crippen MR) is 75.8 cm³/mol. The molecule has 0 spiro atoms. The number of hydrogen-bond donors (Lipinski definition) is 2. The molecule has 0 unspecified atom stereocenters. The third kappa shape index (κ3) is 3.33. The molecule has 0 heterocycles. The van der Waals surface area contributed by atoms with Crippen LogP contribution in [0.1, 0.15) is 11.1 Å². The van der Waals surface area contributed by atoms with Crippen LogP contribution in [0.25, 0.3) is 0 Å². The van der Waals surface area contributed by atoms with Gasteiger partial charge < -0.3 is 10.5 Å². The molecule has 0 saturated carbocycles. The summed E-state index contributed by atoms with van der Waals surface area (Å²) in [7, 11) is 0. The minimum absolute atomic E-state index is 0.0657. The number of hydrogen-bond acceptors (Lipinski definition) is 2. The van der Waals surface area contributed by atoms with Crippen molar-refractivity contribution >= 4 is 21.8 Å². The second-order valence-electron chi connectivity index (χ2n) is 4.08. The number of halogens is 3. The summed E-state index contributed by atoms with van der Waals surface area (Å²) >= 11 is 3.05. The van der Waals surface area contributed by atoms with Gasteiger partial charge in [-0.15, -0.1) is 0 Å². The molecular weight excluding hydrogens is 330 g/mol. The Morgan fingerprint density at radius 1 is 1.20 bits per heavy atom. The van der Waals surface area contributed by atoms with Crippen LogP contribution in [0.4, 0.5) is 8.78 Å². The fourth-order valence-electron chi connectivity index (χ4n) is 1.65. The number of nitrogens with two attached hydrogens (primary N) is 1. The summed E-state index contributed by atoms with van der Waals surface area (Å²) in [5.41, 5.74) is 6.22. The van der Waals surface area contributed by atoms with E-state index in [0.717, 1.165) is 0 Å². The lowest BCUT2D eigenvalue weighted by atomic mass is 10.1. The molecule has 0 bridgehead atoms. The van der Waals surface area contributed by atoms with E-state index in [1.54, 1.807) is 6.07 Å². The molecule has 0 aliphatic rings. The molecule has 0 fully saturated rings. The first-order valence-electron chi connectivity index (χ1n) is 5.68. The molecular formula is C14H11BrF2N2O. The van der Waals surface area contributed by atoms with Crippen LogP contribution in [0, 0.1) is 17.0 Å². The van der Waals surface area contributed by atoms with E-state index in [1.807, 2.05) is 0 Å². The average Bonchev–Trinajstić information content (AvgIpc) is 2.41. The van der Waals surface area contributed by atoms with E-state index in [4.69, 9.17) is 15.9 Å². The molecule has 0 amide bonds. The Balaban J connectivity index is 2.18. The number of benzene rings is 2. The van der Waals surface area contributed by atoms with Crippen molar-refractivity contribution in [2.45, 2.75) is 6.61 Å². The Morgan fingerprint density at radius 2 is 1.95 bits per heavy atom. The topological polar surface area (TPSA) is 59.1 Å². The van der Waals surface area contributed by atoms with Crippen LogP contribution in [0.3, 0.4) is 0 Å². The quantitative estimate of drug-likeness (QED) is 0.660. The smallest absolute Gasteiger partial charge is 0.141 e. The van der Waals surface area contributed by atoms with E-state index < -0.39 is 11.6 Å². The number of nitrogens with one attached hydrogen (secondary N) is 1. The van der Waals surface area contributed by atoms with Crippen molar-refractivity contribution in [2.24, 2.45) is 5.73 Å². The third-order valence-electron chi connectivity index (χ3n) is 2.65. The molecule has 104 valence electrons. The molecule has 2 aromatic carbocycles. The summed E-state index contributed by atoms with van der Waals surface area (Å²) in [6.07, 6.45) is 0. The van der Waals surface area contributed by atoms with Gasteiger partial charge in [0.15, 0.2) is 0 Å². The van der Waals surface area contributed by atoms with Crippen molar-refractivity contribution in [3.05, 3.63) is 63.6 Å². The highest BCUT2D eigenvalue weighted by Gasteiger charge is 2.08. The first-order chi connectivity index (χ1) is 9.47. The first-order valence-corrected chi connectivity index (χ1v) is 6.47. The van der Waals surface area contributed by atoms with Crippen LogP contribution in [0.15, 0.2) is 40.9 Å². The second kappa shape index (κ2) is 6.00. The highest BCUT2D eigenvalue weighted by molar-refractivity contribution is 9.10. The summed E-state index contributed by atoms with van der Waals surface area (Å²) in [6.45, 7) is 0.0657. The van der Waals surface area contributed by atoms with Crippen molar-refractivity contribution in [1.82, 2.24) is 0 Å². The van der Waals surface area contributed by atoms with Crippen LogP contribution in [-0.2, 0) is 6.61 Å². The highest BCUT2D eigenvalue weighted by Crippen LogP contribution is 2.22. The molecule has 6 heteroatoms. The van der Waals surface area contributed by atoms with Gasteiger partial charge in [-0.1, -0.05) is 6.07 Å². The molecule has 0 aliphatic heterocycles. The molecule has 2 aromatic rings. The maximum Gasteiger partial charge on any atom is 0.141 e. The Morgan fingerprint density at radius 3 is 2.60 bits per heavy atom.